The highest BCUT2D eigenvalue weighted by atomic mass is 15.3. The Kier molecular flexibility index (Phi) is 0.858. The van der Waals surface area contributed by atoms with Gasteiger partial charge in [-0.1, -0.05) is 0 Å². The van der Waals surface area contributed by atoms with Gasteiger partial charge in [0.05, 0.1) is 12.4 Å². The maximum absolute atomic E-state index is 5.50. The van der Waals surface area contributed by atoms with Gasteiger partial charge in [-0.05, 0) is 0 Å². The van der Waals surface area contributed by atoms with Crippen LogP contribution in [0.1, 0.15) is 0 Å². The first kappa shape index (κ1) is 5.16. The van der Waals surface area contributed by atoms with Crippen molar-refractivity contribution in [2.45, 2.75) is 0 Å². The summed E-state index contributed by atoms with van der Waals surface area (Å²) >= 11 is 0. The second-order valence-corrected chi connectivity index (χ2v) is 1.86. The smallest absolute Gasteiger partial charge is 0.175 e. The minimum Gasteiger partial charge on any atom is -0.382 e. The minimum absolute atomic E-state index is 0.495. The Labute approximate surface area is 56.5 Å². The fourth-order valence-corrected chi connectivity index (χ4v) is 0.772. The molecule has 0 aliphatic carbocycles. The molecule has 0 saturated carbocycles. The number of nitrogen functional groups attached to an aromatic ring is 1. The van der Waals surface area contributed by atoms with E-state index in [0.29, 0.717) is 11.5 Å². The molecule has 50 valence electrons. The van der Waals surface area contributed by atoms with Crippen molar-refractivity contribution in [3.8, 4) is 0 Å². The third-order valence-electron chi connectivity index (χ3n) is 1.22. The number of hydrogen-bond acceptors (Lipinski definition) is 4. The summed E-state index contributed by atoms with van der Waals surface area (Å²) in [5.41, 5.74) is 6.17. The van der Waals surface area contributed by atoms with Crippen LogP contribution in [0, 0.1) is 0 Å². The molecule has 0 aromatic carbocycles. The van der Waals surface area contributed by atoms with Gasteiger partial charge in [0.1, 0.15) is 12.1 Å². The lowest BCUT2D eigenvalue weighted by Gasteiger charge is -1.92. The van der Waals surface area contributed by atoms with Gasteiger partial charge in [-0.3, -0.25) is 4.98 Å². The van der Waals surface area contributed by atoms with Gasteiger partial charge in [0.25, 0.3) is 0 Å². The van der Waals surface area contributed by atoms with Gasteiger partial charge in [-0.2, -0.15) is 9.61 Å². The van der Waals surface area contributed by atoms with Gasteiger partial charge in [0, 0.05) is 0 Å². The highest BCUT2D eigenvalue weighted by molar-refractivity contribution is 5.40. The number of hydrogen-bond donors (Lipinski definition) is 1. The monoisotopic (exact) mass is 135 g/mol. The molecule has 0 amide bonds. The maximum Gasteiger partial charge on any atom is 0.175 e. The third kappa shape index (κ3) is 0.540. The summed E-state index contributed by atoms with van der Waals surface area (Å²) < 4.78 is 1.52. The lowest BCUT2D eigenvalue weighted by atomic mass is 10.6. The largest absolute Gasteiger partial charge is 0.382 e. The number of anilines is 1. The number of rotatable bonds is 0. The number of aromatic nitrogens is 4. The SMILES string of the molecule is Nc1cncc2ncnn12. The quantitative estimate of drug-likeness (QED) is 0.538. The maximum atomic E-state index is 5.50. The zero-order valence-electron chi connectivity index (χ0n) is 5.10. The predicted molar refractivity (Wildman–Crippen MR) is 35.2 cm³/mol. The van der Waals surface area contributed by atoms with Crippen LogP contribution in [0.15, 0.2) is 18.7 Å². The Morgan fingerprint density at radius 3 is 3.10 bits per heavy atom. The van der Waals surface area contributed by atoms with Gasteiger partial charge in [-0.15, -0.1) is 0 Å². The number of nitrogens with zero attached hydrogens (tertiary/aromatic N) is 4. The topological polar surface area (TPSA) is 69.1 Å². The van der Waals surface area contributed by atoms with E-state index in [-0.39, 0.29) is 0 Å². The van der Waals surface area contributed by atoms with Crippen molar-refractivity contribution in [1.29, 1.82) is 0 Å². The van der Waals surface area contributed by atoms with Crippen LogP contribution in [-0.2, 0) is 0 Å². The number of fused-ring (bicyclic) bond motifs is 1. The fourth-order valence-electron chi connectivity index (χ4n) is 0.772. The summed E-state index contributed by atoms with van der Waals surface area (Å²) in [7, 11) is 0. The van der Waals surface area contributed by atoms with Crippen molar-refractivity contribution in [3.05, 3.63) is 18.7 Å². The molecule has 2 aromatic heterocycles. The predicted octanol–water partition coefficient (Wildman–Crippen LogP) is -0.294. The molecular formula is C5H5N5. The van der Waals surface area contributed by atoms with E-state index < -0.39 is 0 Å². The molecule has 0 atom stereocenters. The van der Waals surface area contributed by atoms with E-state index in [2.05, 4.69) is 15.1 Å². The molecule has 0 bridgehead atoms. The second-order valence-electron chi connectivity index (χ2n) is 1.86. The molecule has 0 aliphatic heterocycles. The molecule has 0 fully saturated rings. The molecule has 5 nitrogen and oxygen atoms in total. The Balaban J connectivity index is 2.95. The molecule has 2 aromatic rings. The molecule has 2 N–H and O–H groups in total. The molecule has 0 saturated heterocycles. The van der Waals surface area contributed by atoms with Crippen LogP contribution in [0.4, 0.5) is 5.82 Å². The van der Waals surface area contributed by atoms with E-state index in [9.17, 15) is 0 Å². The summed E-state index contributed by atoms with van der Waals surface area (Å²) in [6, 6.07) is 0. The van der Waals surface area contributed by atoms with Crippen molar-refractivity contribution >= 4 is 11.5 Å². The molecule has 5 heteroatoms. The Bertz CT molecular complexity index is 352. The van der Waals surface area contributed by atoms with Crippen LogP contribution < -0.4 is 5.73 Å². The summed E-state index contributed by atoms with van der Waals surface area (Å²) in [4.78, 5) is 7.73. The van der Waals surface area contributed by atoms with Crippen LogP contribution in [0.25, 0.3) is 5.65 Å². The average molecular weight is 135 g/mol. The van der Waals surface area contributed by atoms with Gasteiger partial charge < -0.3 is 5.73 Å². The van der Waals surface area contributed by atoms with Crippen molar-refractivity contribution < 1.29 is 0 Å². The summed E-state index contributed by atoms with van der Waals surface area (Å²) in [6.45, 7) is 0. The van der Waals surface area contributed by atoms with Crippen molar-refractivity contribution in [2.24, 2.45) is 0 Å². The third-order valence-corrected chi connectivity index (χ3v) is 1.22. The van der Waals surface area contributed by atoms with Crippen molar-refractivity contribution in [1.82, 2.24) is 19.6 Å². The first-order valence-electron chi connectivity index (χ1n) is 2.77. The van der Waals surface area contributed by atoms with Crippen LogP contribution in [0.3, 0.4) is 0 Å². The van der Waals surface area contributed by atoms with Crippen molar-refractivity contribution in [2.75, 3.05) is 5.73 Å². The van der Waals surface area contributed by atoms with Gasteiger partial charge in [-0.25, -0.2) is 4.98 Å². The zero-order chi connectivity index (χ0) is 6.97. The lowest BCUT2D eigenvalue weighted by Crippen LogP contribution is -1.98. The first-order valence-corrected chi connectivity index (χ1v) is 2.77. The molecule has 10 heavy (non-hydrogen) atoms. The zero-order valence-corrected chi connectivity index (χ0v) is 5.10. The molecule has 0 spiro atoms. The highest BCUT2D eigenvalue weighted by Crippen LogP contribution is 2.00. The molecule has 0 unspecified atom stereocenters. The standard InChI is InChI=1S/C5H5N5/c6-4-1-7-2-5-8-3-9-10(4)5/h1-3H,6H2. The van der Waals surface area contributed by atoms with E-state index in [1.54, 1.807) is 6.20 Å². The summed E-state index contributed by atoms with van der Waals surface area (Å²) in [5.74, 6) is 0.495. The Hall–Kier alpha value is -1.65. The van der Waals surface area contributed by atoms with E-state index >= 15 is 0 Å². The molecule has 0 radical (unpaired) electrons. The molecule has 2 rings (SSSR count). The summed E-state index contributed by atoms with van der Waals surface area (Å²) in [6.07, 6.45) is 4.57. The van der Waals surface area contributed by atoms with Crippen LogP contribution in [0.2, 0.25) is 0 Å². The first-order chi connectivity index (χ1) is 4.88. The minimum atomic E-state index is 0.495. The van der Waals surface area contributed by atoms with Crippen LogP contribution in [-0.4, -0.2) is 19.6 Å². The van der Waals surface area contributed by atoms with Crippen molar-refractivity contribution in [3.63, 3.8) is 0 Å². The Morgan fingerprint density at radius 1 is 1.40 bits per heavy atom. The average Bonchev–Trinajstić information content (AvgIpc) is 2.36. The van der Waals surface area contributed by atoms with Gasteiger partial charge >= 0.3 is 0 Å². The second kappa shape index (κ2) is 1.66. The summed E-state index contributed by atoms with van der Waals surface area (Å²) in [5, 5.41) is 3.86. The van der Waals surface area contributed by atoms with E-state index in [1.807, 2.05) is 0 Å². The molecule has 2 heterocycles. The van der Waals surface area contributed by atoms with E-state index in [4.69, 9.17) is 5.73 Å². The van der Waals surface area contributed by atoms with Crippen LogP contribution >= 0.6 is 0 Å². The van der Waals surface area contributed by atoms with E-state index in [1.165, 1.54) is 17.0 Å². The fraction of sp³-hybridized carbons (Fsp3) is 0. The molecule has 0 aliphatic rings. The van der Waals surface area contributed by atoms with E-state index in [0.717, 1.165) is 0 Å². The van der Waals surface area contributed by atoms with Gasteiger partial charge in [0.15, 0.2) is 5.65 Å². The van der Waals surface area contributed by atoms with Crippen LogP contribution in [0.5, 0.6) is 0 Å². The molecular weight excluding hydrogens is 130 g/mol. The lowest BCUT2D eigenvalue weighted by molar-refractivity contribution is 0.959. The highest BCUT2D eigenvalue weighted by Gasteiger charge is 1.95. The van der Waals surface area contributed by atoms with Gasteiger partial charge in [0.2, 0.25) is 0 Å². The number of nitrogens with two attached hydrogens (primary N) is 1. The Morgan fingerprint density at radius 2 is 2.30 bits per heavy atom. The normalized spacial score (nSPS) is 10.4.